The van der Waals surface area contributed by atoms with Crippen LogP contribution in [0.3, 0.4) is 0 Å². The fourth-order valence-electron chi connectivity index (χ4n) is 3.10. The first-order valence-corrected chi connectivity index (χ1v) is 10.3. The lowest BCUT2D eigenvalue weighted by Gasteiger charge is -2.13. The van der Waals surface area contributed by atoms with Gasteiger partial charge >= 0.3 is 5.97 Å². The highest BCUT2D eigenvalue weighted by Gasteiger charge is 2.21. The maximum Gasteiger partial charge on any atom is 0.362 e. The molecule has 1 aliphatic rings. The van der Waals surface area contributed by atoms with Crippen LogP contribution in [0.1, 0.15) is 23.0 Å². The summed E-state index contributed by atoms with van der Waals surface area (Å²) in [4.78, 5) is 37.2. The number of hydrogen-bond acceptors (Lipinski definition) is 8. The minimum atomic E-state index is -0.839. The molecule has 1 amide bonds. The Morgan fingerprint density at radius 3 is 2.65 bits per heavy atom. The van der Waals surface area contributed by atoms with Gasteiger partial charge in [0.25, 0.3) is 11.5 Å². The van der Waals surface area contributed by atoms with Gasteiger partial charge in [-0.3, -0.25) is 9.59 Å². The molecule has 34 heavy (non-hydrogen) atoms. The quantitative estimate of drug-likeness (QED) is 0.498. The summed E-state index contributed by atoms with van der Waals surface area (Å²) in [6.07, 6.45) is 0. The number of fused-ring (bicyclic) bond motifs is 1. The number of hydrogen-bond donors (Lipinski definition) is 1. The average Bonchev–Trinajstić information content (AvgIpc) is 3.30. The van der Waals surface area contributed by atoms with Crippen molar-refractivity contribution < 1.29 is 32.9 Å². The zero-order valence-electron chi connectivity index (χ0n) is 18.1. The van der Waals surface area contributed by atoms with Gasteiger partial charge in [-0.25, -0.2) is 9.18 Å². The van der Waals surface area contributed by atoms with Crippen molar-refractivity contribution in [2.45, 2.75) is 13.5 Å². The van der Waals surface area contributed by atoms with Gasteiger partial charge in [-0.2, -0.15) is 9.78 Å². The molecule has 0 fully saturated rings. The van der Waals surface area contributed by atoms with Crippen molar-refractivity contribution in [1.82, 2.24) is 15.1 Å². The van der Waals surface area contributed by atoms with Crippen molar-refractivity contribution in [1.29, 1.82) is 0 Å². The Morgan fingerprint density at radius 2 is 1.88 bits per heavy atom. The molecule has 1 aliphatic heterocycles. The fourth-order valence-corrected chi connectivity index (χ4v) is 3.10. The molecule has 0 unspecified atom stereocenters. The molecule has 0 atom stereocenters. The lowest BCUT2D eigenvalue weighted by Crippen LogP contribution is -2.30. The Labute approximate surface area is 192 Å². The van der Waals surface area contributed by atoms with Gasteiger partial charge in [-0.1, -0.05) is 6.07 Å². The average molecular weight is 469 g/mol. The minimum Gasteiger partial charge on any atom is -0.481 e. The van der Waals surface area contributed by atoms with Crippen molar-refractivity contribution in [3.63, 3.8) is 0 Å². The standard InChI is InChI=1S/C23H20FN3O7/c1-2-31-23(30)22-19(10-21(29)27(26-22)16-6-4-15(24)5-7-16)32-12-20(28)25-11-14-3-8-17-18(9-14)34-13-33-17/h3-10H,2,11-13H2,1H3,(H,25,28). The molecule has 1 N–H and O–H groups in total. The van der Waals surface area contributed by atoms with Gasteiger partial charge in [0.2, 0.25) is 12.5 Å². The smallest absolute Gasteiger partial charge is 0.362 e. The van der Waals surface area contributed by atoms with Crippen molar-refractivity contribution in [2.75, 3.05) is 20.0 Å². The molecule has 2 aromatic carbocycles. The number of benzene rings is 2. The highest BCUT2D eigenvalue weighted by molar-refractivity contribution is 5.90. The van der Waals surface area contributed by atoms with E-state index in [2.05, 4.69) is 10.4 Å². The SMILES string of the molecule is CCOC(=O)c1nn(-c2ccc(F)cc2)c(=O)cc1OCC(=O)NCc1ccc2c(c1)OCO2. The first-order valence-electron chi connectivity index (χ1n) is 10.3. The van der Waals surface area contributed by atoms with Crippen LogP contribution >= 0.6 is 0 Å². The second-order valence-electron chi connectivity index (χ2n) is 7.06. The first kappa shape index (κ1) is 22.8. The van der Waals surface area contributed by atoms with Crippen LogP contribution in [0, 0.1) is 5.82 Å². The van der Waals surface area contributed by atoms with Gasteiger partial charge in [-0.15, -0.1) is 0 Å². The number of ether oxygens (including phenoxy) is 4. The molecule has 0 spiro atoms. The van der Waals surface area contributed by atoms with Gasteiger partial charge < -0.3 is 24.3 Å². The molecule has 1 aromatic heterocycles. The predicted molar refractivity (Wildman–Crippen MR) is 116 cm³/mol. The van der Waals surface area contributed by atoms with E-state index < -0.39 is 29.9 Å². The van der Waals surface area contributed by atoms with Crippen LogP contribution in [-0.4, -0.2) is 41.7 Å². The fraction of sp³-hybridized carbons (Fsp3) is 0.217. The molecule has 0 bridgehead atoms. The van der Waals surface area contributed by atoms with Gasteiger partial charge in [0.15, 0.2) is 23.9 Å². The van der Waals surface area contributed by atoms with Crippen molar-refractivity contribution in [3.8, 4) is 22.9 Å². The Hall–Kier alpha value is -4.41. The molecule has 10 nitrogen and oxygen atoms in total. The maximum atomic E-state index is 13.2. The highest BCUT2D eigenvalue weighted by Crippen LogP contribution is 2.32. The summed E-state index contributed by atoms with van der Waals surface area (Å²) < 4.78 is 35.1. The Balaban J connectivity index is 1.47. The van der Waals surface area contributed by atoms with Crippen LogP contribution in [0.2, 0.25) is 0 Å². The number of rotatable bonds is 8. The van der Waals surface area contributed by atoms with Crippen molar-refractivity contribution >= 4 is 11.9 Å². The summed E-state index contributed by atoms with van der Waals surface area (Å²) in [6.45, 7) is 1.55. The topological polar surface area (TPSA) is 118 Å². The number of nitrogens with zero attached hydrogens (tertiary/aromatic N) is 2. The van der Waals surface area contributed by atoms with E-state index in [0.717, 1.165) is 28.4 Å². The Bertz CT molecular complexity index is 1270. The third kappa shape index (κ3) is 5.14. The van der Waals surface area contributed by atoms with E-state index in [1.54, 1.807) is 25.1 Å². The van der Waals surface area contributed by atoms with E-state index in [1.165, 1.54) is 12.1 Å². The molecule has 3 aromatic rings. The molecule has 0 aliphatic carbocycles. The summed E-state index contributed by atoms with van der Waals surface area (Å²) in [5.74, 6) is -0.805. The predicted octanol–water partition coefficient (Wildman–Crippen LogP) is 1.97. The van der Waals surface area contributed by atoms with E-state index in [9.17, 15) is 18.8 Å². The Morgan fingerprint density at radius 1 is 1.12 bits per heavy atom. The second kappa shape index (κ2) is 10.0. The van der Waals surface area contributed by atoms with Crippen LogP contribution in [0.15, 0.2) is 53.3 Å². The second-order valence-corrected chi connectivity index (χ2v) is 7.06. The number of amides is 1. The third-order valence-electron chi connectivity index (χ3n) is 4.72. The summed E-state index contributed by atoms with van der Waals surface area (Å²) in [7, 11) is 0. The van der Waals surface area contributed by atoms with Crippen LogP contribution < -0.4 is 25.1 Å². The highest BCUT2D eigenvalue weighted by atomic mass is 19.1. The number of esters is 1. The van der Waals surface area contributed by atoms with E-state index in [-0.39, 0.29) is 37.1 Å². The van der Waals surface area contributed by atoms with E-state index >= 15 is 0 Å². The molecule has 0 saturated heterocycles. The van der Waals surface area contributed by atoms with Gasteiger partial charge in [0.1, 0.15) is 5.82 Å². The molecule has 2 heterocycles. The van der Waals surface area contributed by atoms with E-state index in [0.29, 0.717) is 11.5 Å². The van der Waals surface area contributed by atoms with Crippen molar-refractivity contribution in [2.24, 2.45) is 0 Å². The van der Waals surface area contributed by atoms with Gasteiger partial charge in [-0.05, 0) is 48.9 Å². The molecule has 11 heteroatoms. The number of halogens is 1. The van der Waals surface area contributed by atoms with E-state index in [4.69, 9.17) is 18.9 Å². The molecule has 4 rings (SSSR count). The van der Waals surface area contributed by atoms with Crippen LogP contribution in [0.5, 0.6) is 17.2 Å². The molecule has 0 radical (unpaired) electrons. The maximum absolute atomic E-state index is 13.2. The van der Waals surface area contributed by atoms with Crippen LogP contribution in [0.4, 0.5) is 4.39 Å². The summed E-state index contributed by atoms with van der Waals surface area (Å²) in [5, 5.41) is 6.70. The molecule has 176 valence electrons. The lowest BCUT2D eigenvalue weighted by molar-refractivity contribution is -0.123. The Kier molecular flexibility index (Phi) is 6.72. The third-order valence-corrected chi connectivity index (χ3v) is 4.72. The first-order chi connectivity index (χ1) is 16.4. The van der Waals surface area contributed by atoms with E-state index in [1.807, 2.05) is 0 Å². The monoisotopic (exact) mass is 469 g/mol. The summed E-state index contributed by atoms with van der Waals surface area (Å²) in [5.41, 5.74) is 0.0862. The largest absolute Gasteiger partial charge is 0.481 e. The lowest BCUT2D eigenvalue weighted by atomic mass is 10.2. The number of nitrogens with one attached hydrogen (secondary N) is 1. The number of carbonyl (C=O) groups excluding carboxylic acids is 2. The zero-order valence-corrected chi connectivity index (χ0v) is 18.1. The summed E-state index contributed by atoms with van der Waals surface area (Å²) in [6, 6.07) is 11.3. The number of aromatic nitrogens is 2. The molecular formula is C23H20FN3O7. The molecule has 0 saturated carbocycles. The van der Waals surface area contributed by atoms with Crippen molar-refractivity contribution in [3.05, 3.63) is 76.0 Å². The normalized spacial score (nSPS) is 11.7. The zero-order chi connectivity index (χ0) is 24.1. The van der Waals surface area contributed by atoms with Gasteiger partial charge in [0, 0.05) is 6.54 Å². The van der Waals surface area contributed by atoms with Crippen LogP contribution in [-0.2, 0) is 16.1 Å². The number of carbonyl (C=O) groups is 2. The minimum absolute atomic E-state index is 0.0612. The summed E-state index contributed by atoms with van der Waals surface area (Å²) >= 11 is 0. The van der Waals surface area contributed by atoms with Crippen LogP contribution in [0.25, 0.3) is 5.69 Å². The molecular weight excluding hydrogens is 449 g/mol. The van der Waals surface area contributed by atoms with Gasteiger partial charge in [0.05, 0.1) is 18.4 Å².